The van der Waals surface area contributed by atoms with E-state index in [1.165, 1.54) is 0 Å². The van der Waals surface area contributed by atoms with Gasteiger partial charge in [-0.3, -0.25) is 0 Å². The van der Waals surface area contributed by atoms with E-state index in [1.807, 2.05) is 26.1 Å². The van der Waals surface area contributed by atoms with Crippen molar-refractivity contribution < 1.29 is 9.47 Å². The third-order valence-electron chi connectivity index (χ3n) is 2.81. The first kappa shape index (κ1) is 14.6. The van der Waals surface area contributed by atoms with Gasteiger partial charge >= 0.3 is 0 Å². The Morgan fingerprint density at radius 3 is 2.33 bits per heavy atom. The van der Waals surface area contributed by atoms with Crippen LogP contribution in [0.5, 0.6) is 11.5 Å². The van der Waals surface area contributed by atoms with Crippen molar-refractivity contribution in [1.29, 1.82) is 0 Å². The molecule has 2 N–H and O–H groups in total. The maximum Gasteiger partial charge on any atom is 0.145 e. The van der Waals surface area contributed by atoms with Gasteiger partial charge in [-0.1, -0.05) is 0 Å². The highest BCUT2D eigenvalue weighted by molar-refractivity contribution is 5.65. The quantitative estimate of drug-likeness (QED) is 0.816. The van der Waals surface area contributed by atoms with Crippen LogP contribution in [0.1, 0.15) is 19.4 Å². The molecule has 102 valence electrons. The minimum Gasteiger partial charge on any atom is -0.497 e. The van der Waals surface area contributed by atoms with Gasteiger partial charge in [-0.2, -0.15) is 0 Å². The molecule has 1 rings (SSSR count). The van der Waals surface area contributed by atoms with Crippen LogP contribution in [0.25, 0.3) is 0 Å². The summed E-state index contributed by atoms with van der Waals surface area (Å²) in [5.41, 5.74) is 2.07. The smallest absolute Gasteiger partial charge is 0.145 e. The van der Waals surface area contributed by atoms with Crippen molar-refractivity contribution in [1.82, 2.24) is 5.32 Å². The maximum atomic E-state index is 5.43. The molecule has 0 aliphatic heterocycles. The van der Waals surface area contributed by atoms with Gasteiger partial charge in [0.05, 0.1) is 19.9 Å². The third-order valence-corrected chi connectivity index (χ3v) is 2.81. The van der Waals surface area contributed by atoms with Crippen LogP contribution >= 0.6 is 0 Å². The van der Waals surface area contributed by atoms with Gasteiger partial charge in [0, 0.05) is 18.2 Å². The summed E-state index contributed by atoms with van der Waals surface area (Å²) in [7, 11) is 5.28. The Morgan fingerprint density at radius 1 is 1.17 bits per heavy atom. The van der Waals surface area contributed by atoms with Gasteiger partial charge in [0.2, 0.25) is 0 Å². The molecule has 0 spiro atoms. The van der Waals surface area contributed by atoms with E-state index in [0.717, 1.165) is 29.3 Å². The van der Waals surface area contributed by atoms with E-state index in [1.54, 1.807) is 14.2 Å². The van der Waals surface area contributed by atoms with Crippen LogP contribution in [-0.2, 0) is 0 Å². The Kier molecular flexibility index (Phi) is 4.84. The van der Waals surface area contributed by atoms with Crippen LogP contribution in [-0.4, -0.2) is 33.4 Å². The van der Waals surface area contributed by atoms with Gasteiger partial charge in [0.15, 0.2) is 0 Å². The third kappa shape index (κ3) is 3.53. The van der Waals surface area contributed by atoms with Crippen molar-refractivity contribution in [3.8, 4) is 11.5 Å². The average molecular weight is 252 g/mol. The minimum atomic E-state index is -0.0542. The predicted molar refractivity (Wildman–Crippen MR) is 75.9 cm³/mol. The zero-order valence-corrected chi connectivity index (χ0v) is 12.2. The van der Waals surface area contributed by atoms with Crippen LogP contribution in [0.15, 0.2) is 12.1 Å². The first-order valence-corrected chi connectivity index (χ1v) is 6.09. The molecule has 1 aromatic rings. The predicted octanol–water partition coefficient (Wildman–Crippen LogP) is 2.42. The first-order valence-electron chi connectivity index (χ1n) is 6.09. The van der Waals surface area contributed by atoms with Crippen molar-refractivity contribution in [3.05, 3.63) is 17.7 Å². The van der Waals surface area contributed by atoms with E-state index in [-0.39, 0.29) is 5.54 Å². The Bertz CT molecular complexity index is 403. The number of anilines is 1. The molecule has 0 heterocycles. The van der Waals surface area contributed by atoms with Crippen molar-refractivity contribution in [2.45, 2.75) is 26.3 Å². The molecule has 0 bridgehead atoms. The summed E-state index contributed by atoms with van der Waals surface area (Å²) in [5.74, 6) is 1.61. The number of methoxy groups -OCH3 is 2. The zero-order chi connectivity index (χ0) is 13.8. The van der Waals surface area contributed by atoms with E-state index in [9.17, 15) is 0 Å². The van der Waals surface area contributed by atoms with Crippen molar-refractivity contribution in [3.63, 3.8) is 0 Å². The van der Waals surface area contributed by atoms with Gasteiger partial charge < -0.3 is 20.1 Å². The Balaban J connectivity index is 3.08. The first-order chi connectivity index (χ1) is 8.43. The summed E-state index contributed by atoms with van der Waals surface area (Å²) in [6.45, 7) is 7.20. The van der Waals surface area contributed by atoms with E-state index in [0.29, 0.717) is 0 Å². The molecule has 0 atom stereocenters. The number of benzene rings is 1. The minimum absolute atomic E-state index is 0.0542. The highest BCUT2D eigenvalue weighted by Crippen LogP contribution is 2.34. The molecule has 18 heavy (non-hydrogen) atoms. The molecule has 0 radical (unpaired) electrons. The van der Waals surface area contributed by atoms with Gasteiger partial charge in [0.1, 0.15) is 11.5 Å². The highest BCUT2D eigenvalue weighted by Gasteiger charge is 2.20. The molecule has 0 fully saturated rings. The highest BCUT2D eigenvalue weighted by atomic mass is 16.5. The largest absolute Gasteiger partial charge is 0.497 e. The molecular formula is C14H24N2O2. The lowest BCUT2D eigenvalue weighted by molar-refractivity contribution is 0.393. The monoisotopic (exact) mass is 252 g/mol. The van der Waals surface area contributed by atoms with Gasteiger partial charge in [-0.15, -0.1) is 0 Å². The fourth-order valence-electron chi connectivity index (χ4n) is 1.99. The molecule has 0 amide bonds. The van der Waals surface area contributed by atoms with Crippen LogP contribution in [0, 0.1) is 6.92 Å². The number of nitrogens with one attached hydrogen (secondary N) is 2. The molecule has 0 unspecified atom stereocenters. The molecule has 0 saturated heterocycles. The summed E-state index contributed by atoms with van der Waals surface area (Å²) < 4.78 is 10.7. The van der Waals surface area contributed by atoms with Gasteiger partial charge in [-0.25, -0.2) is 0 Å². The lowest BCUT2D eigenvalue weighted by atomic mass is 10.0. The van der Waals surface area contributed by atoms with Crippen LogP contribution < -0.4 is 20.1 Å². The second-order valence-corrected chi connectivity index (χ2v) is 5.06. The molecular weight excluding hydrogens is 228 g/mol. The van der Waals surface area contributed by atoms with Crippen LogP contribution in [0.2, 0.25) is 0 Å². The summed E-state index contributed by atoms with van der Waals surface area (Å²) >= 11 is 0. The molecule has 0 aromatic heterocycles. The average Bonchev–Trinajstić information content (AvgIpc) is 2.31. The lowest BCUT2D eigenvalue weighted by Gasteiger charge is -2.29. The van der Waals surface area contributed by atoms with Gasteiger partial charge in [0.25, 0.3) is 0 Å². The SMILES string of the molecule is CNCC(C)(C)Nc1c(C)cc(OC)cc1OC. The van der Waals surface area contributed by atoms with E-state index in [2.05, 4.69) is 24.5 Å². The number of rotatable bonds is 6. The number of hydrogen-bond acceptors (Lipinski definition) is 4. The summed E-state index contributed by atoms with van der Waals surface area (Å²) in [4.78, 5) is 0. The van der Waals surface area contributed by atoms with E-state index >= 15 is 0 Å². The molecule has 4 nitrogen and oxygen atoms in total. The van der Waals surface area contributed by atoms with E-state index in [4.69, 9.17) is 9.47 Å². The van der Waals surface area contributed by atoms with Crippen molar-refractivity contribution >= 4 is 5.69 Å². The molecule has 0 saturated carbocycles. The fourth-order valence-corrected chi connectivity index (χ4v) is 1.99. The zero-order valence-electron chi connectivity index (χ0n) is 12.2. The number of ether oxygens (including phenoxy) is 2. The molecule has 0 aliphatic carbocycles. The topological polar surface area (TPSA) is 42.5 Å². The maximum absolute atomic E-state index is 5.43. The Labute approximate surface area is 110 Å². The lowest BCUT2D eigenvalue weighted by Crippen LogP contribution is -2.41. The number of aryl methyl sites for hydroxylation is 1. The van der Waals surface area contributed by atoms with Crippen LogP contribution in [0.4, 0.5) is 5.69 Å². The molecule has 1 aromatic carbocycles. The normalized spacial score (nSPS) is 11.2. The fraction of sp³-hybridized carbons (Fsp3) is 0.571. The Morgan fingerprint density at radius 2 is 1.83 bits per heavy atom. The summed E-state index contributed by atoms with van der Waals surface area (Å²) in [6.07, 6.45) is 0. The standard InChI is InChI=1S/C14H24N2O2/c1-10-7-11(17-5)8-12(18-6)13(10)16-14(2,3)9-15-4/h7-8,15-16H,9H2,1-6H3. The second kappa shape index (κ2) is 5.96. The van der Waals surface area contributed by atoms with Crippen LogP contribution in [0.3, 0.4) is 0 Å². The summed E-state index contributed by atoms with van der Waals surface area (Å²) in [6, 6.07) is 3.89. The van der Waals surface area contributed by atoms with E-state index < -0.39 is 0 Å². The second-order valence-electron chi connectivity index (χ2n) is 5.06. The summed E-state index contributed by atoms with van der Waals surface area (Å²) in [5, 5.41) is 6.69. The van der Waals surface area contributed by atoms with Crippen molar-refractivity contribution in [2.75, 3.05) is 33.1 Å². The number of hydrogen-bond donors (Lipinski definition) is 2. The number of likely N-dealkylation sites (N-methyl/N-ethyl adjacent to an activating group) is 1. The molecule has 0 aliphatic rings. The van der Waals surface area contributed by atoms with Crippen molar-refractivity contribution in [2.24, 2.45) is 0 Å². The Hall–Kier alpha value is -1.42. The van der Waals surface area contributed by atoms with Gasteiger partial charge in [-0.05, 0) is 39.4 Å². The molecule has 4 heteroatoms.